The van der Waals surface area contributed by atoms with E-state index in [4.69, 9.17) is 38.4 Å². The third-order valence-electron chi connectivity index (χ3n) is 6.05. The van der Waals surface area contributed by atoms with Crippen LogP contribution in [0.2, 0.25) is 10.0 Å². The quantitative estimate of drug-likeness (QED) is 0.381. The van der Waals surface area contributed by atoms with E-state index in [1.165, 1.54) is 11.1 Å². The number of nitrogens with one attached hydrogen (secondary N) is 1. The highest BCUT2D eigenvalue weighted by molar-refractivity contribution is 6.38. The summed E-state index contributed by atoms with van der Waals surface area (Å²) in [6.07, 6.45) is 5.64. The number of aromatic nitrogens is 3. The van der Waals surface area contributed by atoms with Crippen molar-refractivity contribution < 1.29 is 19.1 Å². The van der Waals surface area contributed by atoms with Crippen molar-refractivity contribution >= 4 is 46.7 Å². The van der Waals surface area contributed by atoms with Crippen molar-refractivity contribution in [3.05, 3.63) is 68.4 Å². The molecule has 40 heavy (non-hydrogen) atoms. The Morgan fingerprint density at radius 1 is 1.18 bits per heavy atom. The maximum absolute atomic E-state index is 13.4. The molecule has 3 N–H and O–H groups in total. The summed E-state index contributed by atoms with van der Waals surface area (Å²) >= 11 is 12.9. The fourth-order valence-electron chi connectivity index (χ4n) is 3.72. The van der Waals surface area contributed by atoms with Gasteiger partial charge in [0.25, 0.3) is 11.5 Å². The summed E-state index contributed by atoms with van der Waals surface area (Å²) in [6.45, 7) is 7.12. The highest BCUT2D eigenvalue weighted by Gasteiger charge is 2.27. The number of rotatable bonds is 7. The van der Waals surface area contributed by atoms with Crippen molar-refractivity contribution in [2.24, 2.45) is 0 Å². The third kappa shape index (κ3) is 6.65. The molecule has 3 aromatic rings. The molecule has 2 amide bonds. The molecule has 1 saturated carbocycles. The molecule has 0 radical (unpaired) electrons. The van der Waals surface area contributed by atoms with E-state index in [-0.39, 0.29) is 33.3 Å². The number of carbonyl (C=O) groups excluding carboxylic acids is 2. The molecule has 1 fully saturated rings. The minimum absolute atomic E-state index is 0.128. The van der Waals surface area contributed by atoms with Crippen molar-refractivity contribution in [3.63, 3.8) is 0 Å². The summed E-state index contributed by atoms with van der Waals surface area (Å²) in [7, 11) is 1.60. The van der Waals surface area contributed by atoms with Crippen LogP contribution < -0.4 is 21.3 Å². The van der Waals surface area contributed by atoms with E-state index in [9.17, 15) is 14.4 Å². The topological polar surface area (TPSA) is 142 Å². The van der Waals surface area contributed by atoms with Gasteiger partial charge in [-0.2, -0.15) is 0 Å². The average Bonchev–Trinajstić information content (AvgIpc) is 3.67. The molecule has 11 nitrogen and oxygen atoms in total. The first-order valence-corrected chi connectivity index (χ1v) is 13.3. The summed E-state index contributed by atoms with van der Waals surface area (Å²) in [4.78, 5) is 48.7. The molecular weight excluding hydrogens is 559 g/mol. The van der Waals surface area contributed by atoms with Crippen LogP contribution in [0.5, 0.6) is 5.75 Å². The van der Waals surface area contributed by atoms with E-state index in [1.54, 1.807) is 59.1 Å². The van der Waals surface area contributed by atoms with Gasteiger partial charge in [0.2, 0.25) is 0 Å². The average molecular weight is 589 g/mol. The van der Waals surface area contributed by atoms with E-state index in [2.05, 4.69) is 15.3 Å². The van der Waals surface area contributed by atoms with Crippen molar-refractivity contribution in [1.29, 1.82) is 0 Å². The largest absolute Gasteiger partial charge is 0.490 e. The number of benzene rings is 1. The number of amides is 2. The first-order chi connectivity index (χ1) is 18.7. The van der Waals surface area contributed by atoms with Crippen LogP contribution in [0.3, 0.4) is 0 Å². The molecule has 13 heteroatoms. The fraction of sp³-hybridized carbons (Fsp3) is 0.370. The number of nitrogens with zero attached hydrogens (tertiary/aromatic N) is 4. The molecule has 0 spiro atoms. The summed E-state index contributed by atoms with van der Waals surface area (Å²) < 4.78 is 12.2. The lowest BCUT2D eigenvalue weighted by molar-refractivity contribution is 0.0233. The number of anilines is 2. The number of hydrogen-bond acceptors (Lipinski definition) is 8. The van der Waals surface area contributed by atoms with Gasteiger partial charge in [0.15, 0.2) is 0 Å². The SMILES string of the molecule is C[C@H](c1cncc(NC(=O)c2c(N)ncn(-c3c(Cl)cc(OC4CC4)cc3Cl)c2=O)c1)N(C)C(=O)OC(C)(C)C. The molecule has 0 saturated heterocycles. The first kappa shape index (κ1) is 29.2. The van der Waals surface area contributed by atoms with Gasteiger partial charge in [0.1, 0.15) is 29.1 Å². The molecule has 1 aliphatic rings. The van der Waals surface area contributed by atoms with Crippen molar-refractivity contribution in [3.8, 4) is 11.4 Å². The summed E-state index contributed by atoms with van der Waals surface area (Å²) in [6, 6.07) is 4.30. The van der Waals surface area contributed by atoms with E-state index < -0.39 is 34.8 Å². The van der Waals surface area contributed by atoms with Crippen LogP contribution in [-0.4, -0.2) is 50.2 Å². The number of carbonyl (C=O) groups is 2. The smallest absolute Gasteiger partial charge is 0.410 e. The number of ether oxygens (including phenoxy) is 2. The zero-order valence-corrected chi connectivity index (χ0v) is 24.2. The predicted molar refractivity (Wildman–Crippen MR) is 153 cm³/mol. The van der Waals surface area contributed by atoms with Crippen LogP contribution in [0.15, 0.2) is 41.7 Å². The highest BCUT2D eigenvalue weighted by atomic mass is 35.5. The molecule has 1 aliphatic carbocycles. The van der Waals surface area contributed by atoms with Crippen molar-refractivity contribution in [2.45, 2.75) is 58.3 Å². The normalized spacial score (nSPS) is 13.9. The summed E-state index contributed by atoms with van der Waals surface area (Å²) in [5.41, 5.74) is 5.14. The lowest BCUT2D eigenvalue weighted by Gasteiger charge is -2.29. The summed E-state index contributed by atoms with van der Waals surface area (Å²) in [5, 5.41) is 2.92. The van der Waals surface area contributed by atoms with Gasteiger partial charge >= 0.3 is 6.09 Å². The Morgan fingerprint density at radius 3 is 2.42 bits per heavy atom. The molecule has 1 aromatic carbocycles. The Hall–Kier alpha value is -3.83. The highest BCUT2D eigenvalue weighted by Crippen LogP contribution is 2.35. The Balaban J connectivity index is 1.58. The number of pyridine rings is 1. The second-order valence-corrected chi connectivity index (χ2v) is 11.3. The Bertz CT molecular complexity index is 1490. The standard InChI is InChI=1S/C27H30Cl2N6O5/c1-14(34(5)26(38)40-27(2,3)4)15-8-16(12-31-11-15)33-24(36)21-23(30)32-13-35(25(21)37)22-19(28)9-18(10-20(22)29)39-17-6-7-17/h8-14,17H,6-7,30H2,1-5H3,(H,33,36)/t14-/m1/s1. The molecular formula is C27H30Cl2N6O5. The van der Waals surface area contributed by atoms with Crippen molar-refractivity contribution in [1.82, 2.24) is 19.4 Å². The number of halogens is 2. The maximum Gasteiger partial charge on any atom is 0.410 e. The van der Waals surface area contributed by atoms with E-state index in [0.29, 0.717) is 11.3 Å². The van der Waals surface area contributed by atoms with Gasteiger partial charge in [0.05, 0.1) is 39.8 Å². The van der Waals surface area contributed by atoms with Gasteiger partial charge in [-0.3, -0.25) is 19.1 Å². The zero-order valence-electron chi connectivity index (χ0n) is 22.7. The van der Waals surface area contributed by atoms with Crippen LogP contribution in [-0.2, 0) is 4.74 Å². The second-order valence-electron chi connectivity index (χ2n) is 10.5. The van der Waals surface area contributed by atoms with Gasteiger partial charge in [0, 0.05) is 25.4 Å². The van der Waals surface area contributed by atoms with Gasteiger partial charge in [-0.15, -0.1) is 0 Å². The molecule has 4 rings (SSSR count). The van der Waals surface area contributed by atoms with E-state index >= 15 is 0 Å². The minimum Gasteiger partial charge on any atom is -0.490 e. The van der Waals surface area contributed by atoms with Gasteiger partial charge in [-0.1, -0.05) is 23.2 Å². The molecule has 0 bridgehead atoms. The number of nitrogens with two attached hydrogens (primary N) is 1. The van der Waals surface area contributed by atoms with Gasteiger partial charge in [-0.25, -0.2) is 9.78 Å². The maximum atomic E-state index is 13.4. The molecule has 1 atom stereocenters. The second kappa shape index (κ2) is 11.3. The Morgan fingerprint density at radius 2 is 1.82 bits per heavy atom. The lowest BCUT2D eigenvalue weighted by Crippen LogP contribution is -2.35. The van der Waals surface area contributed by atoms with Crippen LogP contribution in [0.25, 0.3) is 5.69 Å². The molecule has 2 heterocycles. The lowest BCUT2D eigenvalue weighted by atomic mass is 10.1. The molecule has 212 valence electrons. The monoisotopic (exact) mass is 588 g/mol. The molecule has 2 aromatic heterocycles. The van der Waals surface area contributed by atoms with Gasteiger partial charge in [-0.05, 0) is 52.2 Å². The minimum atomic E-state index is -0.808. The summed E-state index contributed by atoms with van der Waals surface area (Å²) in [5.74, 6) is -0.603. The van der Waals surface area contributed by atoms with Crippen LogP contribution in [0, 0.1) is 0 Å². The van der Waals surface area contributed by atoms with Gasteiger partial charge < -0.3 is 25.4 Å². The Kier molecular flexibility index (Phi) is 8.27. The number of nitrogen functional groups attached to an aromatic ring is 1. The van der Waals surface area contributed by atoms with E-state index in [0.717, 1.165) is 23.7 Å². The Labute approximate surface area is 241 Å². The van der Waals surface area contributed by atoms with Crippen LogP contribution >= 0.6 is 23.2 Å². The van der Waals surface area contributed by atoms with Crippen LogP contribution in [0.1, 0.15) is 62.5 Å². The number of hydrogen-bond donors (Lipinski definition) is 2. The fourth-order valence-corrected chi connectivity index (χ4v) is 4.37. The van der Waals surface area contributed by atoms with Crippen LogP contribution in [0.4, 0.5) is 16.3 Å². The van der Waals surface area contributed by atoms with E-state index in [1.807, 2.05) is 0 Å². The third-order valence-corrected chi connectivity index (χ3v) is 6.62. The first-order valence-electron chi connectivity index (χ1n) is 12.5. The zero-order chi connectivity index (χ0) is 29.4. The molecule has 0 aliphatic heterocycles. The van der Waals surface area contributed by atoms with Crippen molar-refractivity contribution in [2.75, 3.05) is 18.1 Å². The predicted octanol–water partition coefficient (Wildman–Crippen LogP) is 5.24. The molecule has 0 unspecified atom stereocenters.